The number of carbonyl (C=O) groups is 1. The van der Waals surface area contributed by atoms with Crippen LogP contribution in [0.15, 0.2) is 24.3 Å². The van der Waals surface area contributed by atoms with Crippen LogP contribution in [-0.2, 0) is 4.74 Å². The van der Waals surface area contributed by atoms with Gasteiger partial charge < -0.3 is 14.5 Å². The molecule has 0 fully saturated rings. The second-order valence-corrected chi connectivity index (χ2v) is 4.88. The van der Waals surface area contributed by atoms with Crippen LogP contribution in [0.25, 0.3) is 0 Å². The highest BCUT2D eigenvalue weighted by molar-refractivity contribution is 5.89. The second-order valence-electron chi connectivity index (χ2n) is 4.88. The van der Waals surface area contributed by atoms with Crippen LogP contribution in [-0.4, -0.2) is 50.2 Å². The molecule has 0 radical (unpaired) electrons. The van der Waals surface area contributed by atoms with E-state index >= 15 is 0 Å². The highest BCUT2D eigenvalue weighted by Crippen LogP contribution is 2.15. The summed E-state index contributed by atoms with van der Waals surface area (Å²) in [5.41, 5.74) is 1.75. The highest BCUT2D eigenvalue weighted by Gasteiger charge is 2.09. The van der Waals surface area contributed by atoms with Gasteiger partial charge in [-0.05, 0) is 51.2 Å². The molecule has 1 rings (SSSR count). The molecule has 0 aliphatic rings. The number of carbonyl (C=O) groups excluding carboxylic acids is 1. The first-order chi connectivity index (χ1) is 10.2. The predicted octanol–water partition coefficient (Wildman–Crippen LogP) is 3.03. The van der Waals surface area contributed by atoms with E-state index in [9.17, 15) is 4.79 Å². The van der Waals surface area contributed by atoms with Crippen LogP contribution in [0.3, 0.4) is 0 Å². The number of ether oxygens (including phenoxy) is 1. The monoisotopic (exact) mass is 292 g/mol. The Labute approximate surface area is 128 Å². The third-order valence-electron chi connectivity index (χ3n) is 3.77. The van der Waals surface area contributed by atoms with Gasteiger partial charge in [0.2, 0.25) is 0 Å². The molecule has 0 aliphatic heterocycles. The topological polar surface area (TPSA) is 32.8 Å². The Morgan fingerprint density at radius 3 is 2.00 bits per heavy atom. The maximum atomic E-state index is 12.0. The Kier molecular flexibility index (Phi) is 7.83. The van der Waals surface area contributed by atoms with Gasteiger partial charge in [-0.1, -0.05) is 13.8 Å². The van der Waals surface area contributed by atoms with Crippen LogP contribution in [0, 0.1) is 0 Å². The summed E-state index contributed by atoms with van der Waals surface area (Å²) < 4.78 is 5.32. The number of hydrogen-bond acceptors (Lipinski definition) is 4. The molecule has 0 N–H and O–H groups in total. The third kappa shape index (κ3) is 5.38. The molecule has 118 valence electrons. The average Bonchev–Trinajstić information content (AvgIpc) is 2.53. The lowest BCUT2D eigenvalue weighted by Gasteiger charge is -2.21. The standard InChI is InChI=1S/C17H28N2O2/c1-5-18(6-2)13-14-21-17(20)15-9-11-16(12-10-15)19(7-3)8-4/h9-12H,5-8,13-14H2,1-4H3. The fraction of sp³-hybridized carbons (Fsp3) is 0.588. The van der Waals surface area contributed by atoms with E-state index in [1.54, 1.807) is 0 Å². The summed E-state index contributed by atoms with van der Waals surface area (Å²) >= 11 is 0. The fourth-order valence-corrected chi connectivity index (χ4v) is 2.29. The first kappa shape index (κ1) is 17.5. The molecule has 4 heteroatoms. The van der Waals surface area contributed by atoms with Crippen molar-refractivity contribution in [2.75, 3.05) is 44.2 Å². The summed E-state index contributed by atoms with van der Waals surface area (Å²) in [5.74, 6) is -0.242. The number of esters is 1. The van der Waals surface area contributed by atoms with Crippen molar-refractivity contribution in [1.29, 1.82) is 0 Å². The molecule has 0 atom stereocenters. The number of anilines is 1. The molecule has 0 heterocycles. The predicted molar refractivity (Wildman–Crippen MR) is 88.1 cm³/mol. The van der Waals surface area contributed by atoms with E-state index in [2.05, 4.69) is 37.5 Å². The van der Waals surface area contributed by atoms with Gasteiger partial charge in [-0.3, -0.25) is 0 Å². The molecule has 0 unspecified atom stereocenters. The summed E-state index contributed by atoms with van der Waals surface area (Å²) in [6.07, 6.45) is 0. The number of hydrogen-bond donors (Lipinski definition) is 0. The van der Waals surface area contributed by atoms with Crippen molar-refractivity contribution in [3.8, 4) is 0 Å². The molecule has 21 heavy (non-hydrogen) atoms. The summed E-state index contributed by atoms with van der Waals surface area (Å²) in [4.78, 5) is 16.4. The lowest BCUT2D eigenvalue weighted by Crippen LogP contribution is -2.27. The van der Waals surface area contributed by atoms with Crippen molar-refractivity contribution >= 4 is 11.7 Å². The maximum Gasteiger partial charge on any atom is 0.338 e. The van der Waals surface area contributed by atoms with Gasteiger partial charge in [0.05, 0.1) is 5.56 Å². The molecule has 0 bridgehead atoms. The Morgan fingerprint density at radius 1 is 0.952 bits per heavy atom. The van der Waals surface area contributed by atoms with Gasteiger partial charge in [-0.25, -0.2) is 4.79 Å². The highest BCUT2D eigenvalue weighted by atomic mass is 16.5. The summed E-state index contributed by atoms with van der Waals surface area (Å²) in [5, 5.41) is 0. The van der Waals surface area contributed by atoms with Gasteiger partial charge in [0.25, 0.3) is 0 Å². The molecule has 1 aromatic carbocycles. The van der Waals surface area contributed by atoms with Crippen molar-refractivity contribution in [2.24, 2.45) is 0 Å². The first-order valence-electron chi connectivity index (χ1n) is 7.90. The van der Waals surface area contributed by atoms with Gasteiger partial charge in [-0.2, -0.15) is 0 Å². The van der Waals surface area contributed by atoms with Gasteiger partial charge in [0, 0.05) is 25.3 Å². The summed E-state index contributed by atoms with van der Waals surface area (Å²) in [6.45, 7) is 13.6. The van der Waals surface area contributed by atoms with Crippen molar-refractivity contribution in [1.82, 2.24) is 4.90 Å². The van der Waals surface area contributed by atoms with E-state index in [-0.39, 0.29) is 5.97 Å². The molecule has 4 nitrogen and oxygen atoms in total. The van der Waals surface area contributed by atoms with Crippen LogP contribution in [0.4, 0.5) is 5.69 Å². The molecule has 0 saturated carbocycles. The quantitative estimate of drug-likeness (QED) is 0.655. The molecule has 0 aromatic heterocycles. The van der Waals surface area contributed by atoms with E-state index < -0.39 is 0 Å². The van der Waals surface area contributed by atoms with Crippen molar-refractivity contribution in [3.05, 3.63) is 29.8 Å². The average molecular weight is 292 g/mol. The zero-order chi connectivity index (χ0) is 15.7. The SMILES string of the molecule is CCN(CC)CCOC(=O)c1ccc(N(CC)CC)cc1. The minimum absolute atomic E-state index is 0.242. The van der Waals surface area contributed by atoms with Crippen LogP contribution in [0.1, 0.15) is 38.1 Å². The molecule has 0 aliphatic carbocycles. The van der Waals surface area contributed by atoms with E-state index in [1.807, 2.05) is 24.3 Å². The molecule has 0 saturated heterocycles. The van der Waals surface area contributed by atoms with Gasteiger partial charge in [-0.15, -0.1) is 0 Å². The smallest absolute Gasteiger partial charge is 0.338 e. The number of nitrogens with zero attached hydrogens (tertiary/aromatic N) is 2. The minimum Gasteiger partial charge on any atom is -0.461 e. The Hall–Kier alpha value is -1.55. The largest absolute Gasteiger partial charge is 0.461 e. The lowest BCUT2D eigenvalue weighted by molar-refractivity contribution is 0.0466. The summed E-state index contributed by atoms with van der Waals surface area (Å²) in [7, 11) is 0. The Morgan fingerprint density at radius 2 is 1.52 bits per heavy atom. The third-order valence-corrected chi connectivity index (χ3v) is 3.77. The Balaban J connectivity index is 2.51. The van der Waals surface area contributed by atoms with E-state index in [0.717, 1.165) is 38.4 Å². The molecule has 1 aromatic rings. The Bertz CT molecular complexity index is 409. The number of rotatable bonds is 9. The van der Waals surface area contributed by atoms with Crippen LogP contribution in [0.5, 0.6) is 0 Å². The number of likely N-dealkylation sites (N-methyl/N-ethyl adjacent to an activating group) is 1. The van der Waals surface area contributed by atoms with Gasteiger partial charge in [0.15, 0.2) is 0 Å². The van der Waals surface area contributed by atoms with Crippen LogP contribution >= 0.6 is 0 Å². The summed E-state index contributed by atoms with van der Waals surface area (Å²) in [6, 6.07) is 7.64. The van der Waals surface area contributed by atoms with Crippen molar-refractivity contribution in [2.45, 2.75) is 27.7 Å². The van der Waals surface area contributed by atoms with Crippen molar-refractivity contribution < 1.29 is 9.53 Å². The molecular weight excluding hydrogens is 264 g/mol. The second kappa shape index (κ2) is 9.40. The number of benzene rings is 1. The lowest BCUT2D eigenvalue weighted by atomic mass is 10.2. The fourth-order valence-electron chi connectivity index (χ4n) is 2.29. The van der Waals surface area contributed by atoms with E-state index in [4.69, 9.17) is 4.74 Å². The van der Waals surface area contributed by atoms with Crippen LogP contribution < -0.4 is 4.90 Å². The molecule has 0 spiro atoms. The molecular formula is C17H28N2O2. The first-order valence-corrected chi connectivity index (χ1v) is 7.90. The van der Waals surface area contributed by atoms with E-state index in [0.29, 0.717) is 12.2 Å². The maximum absolute atomic E-state index is 12.0. The van der Waals surface area contributed by atoms with E-state index in [1.165, 1.54) is 0 Å². The zero-order valence-electron chi connectivity index (χ0n) is 13.8. The van der Waals surface area contributed by atoms with Gasteiger partial charge >= 0.3 is 5.97 Å². The zero-order valence-corrected chi connectivity index (χ0v) is 13.8. The van der Waals surface area contributed by atoms with Crippen LogP contribution in [0.2, 0.25) is 0 Å². The van der Waals surface area contributed by atoms with Gasteiger partial charge in [0.1, 0.15) is 6.61 Å². The normalized spacial score (nSPS) is 10.7. The van der Waals surface area contributed by atoms with Crippen molar-refractivity contribution in [3.63, 3.8) is 0 Å². The minimum atomic E-state index is -0.242. The molecule has 0 amide bonds.